The second-order valence-electron chi connectivity index (χ2n) is 6.81. The molecule has 3 aromatic rings. The molecular weight excluding hydrogens is 401 g/mol. The number of halogens is 6. The van der Waals surface area contributed by atoms with Gasteiger partial charge in [0.15, 0.2) is 23.3 Å². The van der Waals surface area contributed by atoms with Crippen molar-refractivity contribution in [2.24, 2.45) is 0 Å². The lowest BCUT2D eigenvalue weighted by Gasteiger charge is -2.28. The maximum absolute atomic E-state index is 14.3. The van der Waals surface area contributed by atoms with E-state index in [0.29, 0.717) is 16.6 Å². The summed E-state index contributed by atoms with van der Waals surface area (Å²) in [5.41, 5.74) is -0.140. The van der Waals surface area contributed by atoms with Crippen molar-refractivity contribution < 1.29 is 22.0 Å². The second-order valence-corrected chi connectivity index (χ2v) is 6.81. The summed E-state index contributed by atoms with van der Waals surface area (Å²) in [4.78, 5) is 2.17. The number of fused-ring (bicyclic) bond motifs is 1. The van der Waals surface area contributed by atoms with Crippen LogP contribution in [0.2, 0.25) is 0 Å². The normalized spacial score (nSPS) is 15.8. The average molecular weight is 418 g/mol. The molecule has 9 heteroatoms. The molecule has 0 unspecified atom stereocenters. The van der Waals surface area contributed by atoms with E-state index < -0.39 is 34.8 Å². The van der Waals surface area contributed by atoms with Gasteiger partial charge >= 0.3 is 0 Å². The van der Waals surface area contributed by atoms with Gasteiger partial charge in [-0.2, -0.15) is 5.10 Å². The zero-order valence-corrected chi connectivity index (χ0v) is 15.7. The summed E-state index contributed by atoms with van der Waals surface area (Å²) in [6.45, 7) is 1.68. The number of benzene rings is 2. The van der Waals surface area contributed by atoms with Crippen LogP contribution in [0.1, 0.15) is 24.5 Å². The van der Waals surface area contributed by atoms with Gasteiger partial charge in [0.25, 0.3) is 0 Å². The minimum absolute atomic E-state index is 0. The number of rotatable bonds is 2. The summed E-state index contributed by atoms with van der Waals surface area (Å²) < 4.78 is 70.3. The minimum atomic E-state index is -2.18. The highest BCUT2D eigenvalue weighted by Gasteiger charge is 2.30. The van der Waals surface area contributed by atoms with Crippen molar-refractivity contribution in [3.8, 4) is 5.69 Å². The van der Waals surface area contributed by atoms with Gasteiger partial charge in [0.1, 0.15) is 5.69 Å². The van der Waals surface area contributed by atoms with Crippen LogP contribution >= 0.6 is 12.4 Å². The topological polar surface area (TPSA) is 21.1 Å². The van der Waals surface area contributed by atoms with E-state index in [1.165, 1.54) is 0 Å². The van der Waals surface area contributed by atoms with Crippen molar-refractivity contribution in [3.05, 3.63) is 59.0 Å². The van der Waals surface area contributed by atoms with E-state index in [9.17, 15) is 22.0 Å². The lowest BCUT2D eigenvalue weighted by atomic mass is 9.92. The highest BCUT2D eigenvalue weighted by molar-refractivity contribution is 5.85. The molecule has 3 nitrogen and oxygen atoms in total. The molecule has 2 heterocycles. The van der Waals surface area contributed by atoms with Gasteiger partial charge in [-0.3, -0.25) is 0 Å². The fourth-order valence-electron chi connectivity index (χ4n) is 3.62. The van der Waals surface area contributed by atoms with Gasteiger partial charge in [0, 0.05) is 11.3 Å². The molecule has 1 saturated heterocycles. The Morgan fingerprint density at radius 2 is 1.39 bits per heavy atom. The molecule has 0 amide bonds. The number of likely N-dealkylation sites (tertiary alicyclic amines) is 1. The number of hydrogen-bond acceptors (Lipinski definition) is 2. The molecule has 1 fully saturated rings. The number of nitrogens with zero attached hydrogens (tertiary/aromatic N) is 3. The first-order chi connectivity index (χ1) is 12.9. The quantitative estimate of drug-likeness (QED) is 0.334. The van der Waals surface area contributed by atoms with Crippen molar-refractivity contribution in [3.63, 3.8) is 0 Å². The van der Waals surface area contributed by atoms with E-state index in [2.05, 4.69) is 10.00 Å². The zero-order valence-electron chi connectivity index (χ0n) is 14.9. The van der Waals surface area contributed by atoms with Crippen molar-refractivity contribution in [1.29, 1.82) is 0 Å². The third-order valence-electron chi connectivity index (χ3n) is 5.12. The third-order valence-corrected chi connectivity index (χ3v) is 5.12. The van der Waals surface area contributed by atoms with Crippen molar-refractivity contribution >= 4 is 23.3 Å². The first-order valence-corrected chi connectivity index (χ1v) is 8.58. The van der Waals surface area contributed by atoms with E-state index >= 15 is 0 Å². The number of aromatic nitrogens is 2. The van der Waals surface area contributed by atoms with Crippen molar-refractivity contribution in [1.82, 2.24) is 14.7 Å². The molecule has 0 atom stereocenters. The van der Waals surface area contributed by atoms with Crippen LogP contribution in [0.5, 0.6) is 0 Å². The van der Waals surface area contributed by atoms with Crippen LogP contribution in [-0.2, 0) is 0 Å². The summed E-state index contributed by atoms with van der Waals surface area (Å²) in [6.07, 6.45) is 1.60. The van der Waals surface area contributed by atoms with Crippen LogP contribution in [0.3, 0.4) is 0 Å². The van der Waals surface area contributed by atoms with Gasteiger partial charge in [-0.25, -0.2) is 26.6 Å². The van der Waals surface area contributed by atoms with Crippen LogP contribution in [0.15, 0.2) is 24.3 Å². The number of piperidine rings is 1. The molecule has 4 rings (SSSR count). The Morgan fingerprint density at radius 1 is 0.857 bits per heavy atom. The SMILES string of the molecule is CN1CCC(c2nn(-c3c(F)c(F)c(F)c(F)c3F)c3ccccc23)CC1.Cl. The summed E-state index contributed by atoms with van der Waals surface area (Å²) in [5, 5.41) is 4.95. The molecule has 0 aliphatic carbocycles. The van der Waals surface area contributed by atoms with Gasteiger partial charge in [-0.15, -0.1) is 12.4 Å². The molecular formula is C19H17ClF5N3. The van der Waals surface area contributed by atoms with Gasteiger partial charge in [-0.05, 0) is 39.0 Å². The smallest absolute Gasteiger partial charge is 0.200 e. The maximum Gasteiger partial charge on any atom is 0.200 e. The van der Waals surface area contributed by atoms with Crippen molar-refractivity contribution in [2.75, 3.05) is 20.1 Å². The van der Waals surface area contributed by atoms with Crippen LogP contribution in [0.25, 0.3) is 16.6 Å². The second kappa shape index (κ2) is 7.67. The van der Waals surface area contributed by atoms with Crippen LogP contribution in [-0.4, -0.2) is 34.8 Å². The zero-order chi connectivity index (χ0) is 19.3. The minimum Gasteiger partial charge on any atom is -0.306 e. The molecule has 0 bridgehead atoms. The Labute approximate surface area is 164 Å². The molecule has 0 radical (unpaired) electrons. The van der Waals surface area contributed by atoms with Gasteiger partial charge < -0.3 is 4.90 Å². The fraction of sp³-hybridized carbons (Fsp3) is 0.316. The molecule has 1 aliphatic rings. The first kappa shape index (κ1) is 20.5. The van der Waals surface area contributed by atoms with Gasteiger partial charge in [0.2, 0.25) is 5.82 Å². The number of para-hydroxylation sites is 1. The van der Waals surface area contributed by atoms with Crippen LogP contribution in [0, 0.1) is 29.1 Å². The summed E-state index contributed by atoms with van der Waals surface area (Å²) in [6, 6.07) is 6.69. The average Bonchev–Trinajstić information content (AvgIpc) is 3.05. The van der Waals surface area contributed by atoms with Crippen molar-refractivity contribution in [2.45, 2.75) is 18.8 Å². The molecule has 0 saturated carbocycles. The van der Waals surface area contributed by atoms with Gasteiger partial charge in [0.05, 0.1) is 11.2 Å². The molecule has 28 heavy (non-hydrogen) atoms. The summed E-state index contributed by atoms with van der Waals surface area (Å²) in [5.74, 6) is -9.88. The molecule has 2 aromatic carbocycles. The van der Waals surface area contributed by atoms with Gasteiger partial charge in [-0.1, -0.05) is 18.2 Å². The largest absolute Gasteiger partial charge is 0.306 e. The standard InChI is InChI=1S/C19H16F5N3.ClH/c1-26-8-6-10(7-9-26)18-11-4-2-3-5-12(11)27(25-18)19-16(23)14(21)13(20)15(22)17(19)24;/h2-5,10H,6-9H2,1H3;1H. The highest BCUT2D eigenvalue weighted by Crippen LogP contribution is 2.35. The Hall–Kier alpha value is -2.19. The molecule has 1 aromatic heterocycles. The monoisotopic (exact) mass is 417 g/mol. The Bertz CT molecular complexity index is 999. The van der Waals surface area contributed by atoms with Crippen LogP contribution in [0.4, 0.5) is 22.0 Å². The van der Waals surface area contributed by atoms with E-state index in [-0.39, 0.29) is 18.3 Å². The Kier molecular flexibility index (Phi) is 5.63. The van der Waals surface area contributed by atoms with E-state index in [1.54, 1.807) is 24.3 Å². The van der Waals surface area contributed by atoms with E-state index in [4.69, 9.17) is 0 Å². The summed E-state index contributed by atoms with van der Waals surface area (Å²) in [7, 11) is 2.00. The maximum atomic E-state index is 14.3. The summed E-state index contributed by atoms with van der Waals surface area (Å²) >= 11 is 0. The molecule has 150 valence electrons. The number of hydrogen-bond donors (Lipinski definition) is 0. The lowest BCUT2D eigenvalue weighted by molar-refractivity contribution is 0.253. The molecule has 0 N–H and O–H groups in total. The third kappa shape index (κ3) is 3.14. The van der Waals surface area contributed by atoms with E-state index in [0.717, 1.165) is 30.6 Å². The Balaban J connectivity index is 0.00000225. The first-order valence-electron chi connectivity index (χ1n) is 8.58. The van der Waals surface area contributed by atoms with Crippen LogP contribution < -0.4 is 0 Å². The lowest BCUT2D eigenvalue weighted by Crippen LogP contribution is -2.29. The highest BCUT2D eigenvalue weighted by atomic mass is 35.5. The predicted octanol–water partition coefficient (Wildman–Crippen LogP) is 4.95. The predicted molar refractivity (Wildman–Crippen MR) is 97.6 cm³/mol. The molecule has 0 spiro atoms. The molecule has 1 aliphatic heterocycles. The van der Waals surface area contributed by atoms with E-state index in [1.807, 2.05) is 7.05 Å². The Morgan fingerprint density at radius 3 is 2.00 bits per heavy atom. The fourth-order valence-corrected chi connectivity index (χ4v) is 3.62.